The Morgan fingerprint density at radius 1 is 1.37 bits per heavy atom. The highest BCUT2D eigenvalue weighted by atomic mass is 35.5. The Hall–Kier alpha value is -1.33. The number of anilines is 2. The van der Waals surface area contributed by atoms with Crippen molar-refractivity contribution in [3.8, 4) is 0 Å². The fourth-order valence-corrected chi connectivity index (χ4v) is 5.32. The van der Waals surface area contributed by atoms with E-state index in [1.165, 1.54) is 48.2 Å². The minimum absolute atomic E-state index is 0.192. The SMILES string of the molecule is C=CCSc1nnc(NC(=O)[C@@H](C)N(c2cc(Cl)cc(Cl)c2)S(C)(=O)=O)s1. The molecular weight excluding hydrogens is 451 g/mol. The summed E-state index contributed by atoms with van der Waals surface area (Å²) in [6.07, 6.45) is 2.73. The lowest BCUT2D eigenvalue weighted by molar-refractivity contribution is -0.116. The molecule has 0 bridgehead atoms. The minimum atomic E-state index is -3.79. The summed E-state index contributed by atoms with van der Waals surface area (Å²) in [6.45, 7) is 5.08. The highest BCUT2D eigenvalue weighted by molar-refractivity contribution is 8.01. The average molecular weight is 467 g/mol. The molecule has 1 amide bonds. The molecule has 0 saturated heterocycles. The van der Waals surface area contributed by atoms with Gasteiger partial charge in [-0.15, -0.1) is 16.8 Å². The van der Waals surface area contributed by atoms with Gasteiger partial charge in [0.05, 0.1) is 11.9 Å². The third-order valence-electron chi connectivity index (χ3n) is 3.15. The Morgan fingerprint density at radius 3 is 2.56 bits per heavy atom. The van der Waals surface area contributed by atoms with Gasteiger partial charge in [-0.05, 0) is 25.1 Å². The van der Waals surface area contributed by atoms with Gasteiger partial charge < -0.3 is 0 Å². The van der Waals surface area contributed by atoms with Gasteiger partial charge in [0.1, 0.15) is 6.04 Å². The number of nitrogens with zero attached hydrogens (tertiary/aromatic N) is 3. The first-order valence-corrected chi connectivity index (χ1v) is 11.9. The molecule has 1 atom stereocenters. The van der Waals surface area contributed by atoms with E-state index >= 15 is 0 Å². The maximum atomic E-state index is 12.6. The molecule has 146 valence electrons. The van der Waals surface area contributed by atoms with Crippen molar-refractivity contribution in [2.45, 2.75) is 17.3 Å². The number of aromatic nitrogens is 2. The van der Waals surface area contributed by atoms with Crippen LogP contribution in [0.25, 0.3) is 0 Å². The van der Waals surface area contributed by atoms with Crippen LogP contribution >= 0.6 is 46.3 Å². The van der Waals surface area contributed by atoms with Gasteiger partial charge in [0.25, 0.3) is 0 Å². The van der Waals surface area contributed by atoms with E-state index in [0.717, 1.165) is 10.6 Å². The van der Waals surface area contributed by atoms with Crippen LogP contribution in [0.1, 0.15) is 6.92 Å². The first kappa shape index (κ1) is 22.0. The highest BCUT2D eigenvalue weighted by Crippen LogP contribution is 2.29. The first-order chi connectivity index (χ1) is 12.6. The third kappa shape index (κ3) is 6.08. The largest absolute Gasteiger partial charge is 0.299 e. The molecule has 0 aliphatic rings. The summed E-state index contributed by atoms with van der Waals surface area (Å²) >= 11 is 14.6. The number of benzene rings is 1. The second-order valence-electron chi connectivity index (χ2n) is 5.32. The van der Waals surface area contributed by atoms with Crippen LogP contribution in [0.5, 0.6) is 0 Å². The Bertz CT molecular complexity index is 929. The van der Waals surface area contributed by atoms with Crippen LogP contribution in [0.2, 0.25) is 10.0 Å². The van der Waals surface area contributed by atoms with Gasteiger partial charge in [0, 0.05) is 15.8 Å². The summed E-state index contributed by atoms with van der Waals surface area (Å²) in [5.74, 6) is 0.101. The van der Waals surface area contributed by atoms with Crippen molar-refractivity contribution in [1.29, 1.82) is 0 Å². The summed E-state index contributed by atoms with van der Waals surface area (Å²) in [7, 11) is -3.79. The van der Waals surface area contributed by atoms with E-state index in [0.29, 0.717) is 10.1 Å². The number of carbonyl (C=O) groups is 1. The van der Waals surface area contributed by atoms with Crippen LogP contribution in [-0.2, 0) is 14.8 Å². The summed E-state index contributed by atoms with van der Waals surface area (Å²) in [6, 6.07) is 3.25. The normalized spacial score (nSPS) is 12.4. The summed E-state index contributed by atoms with van der Waals surface area (Å²) in [5.41, 5.74) is 0.192. The molecule has 27 heavy (non-hydrogen) atoms. The van der Waals surface area contributed by atoms with E-state index in [1.807, 2.05) is 0 Å². The molecule has 0 aliphatic heterocycles. The smallest absolute Gasteiger partial charge is 0.249 e. The van der Waals surface area contributed by atoms with E-state index in [4.69, 9.17) is 23.2 Å². The van der Waals surface area contributed by atoms with Crippen LogP contribution in [-0.4, -0.2) is 42.6 Å². The van der Waals surface area contributed by atoms with E-state index in [1.54, 1.807) is 6.08 Å². The first-order valence-electron chi connectivity index (χ1n) is 7.45. The molecular formula is C15H16Cl2N4O3S3. The number of thioether (sulfide) groups is 1. The van der Waals surface area contributed by atoms with Crippen molar-refractivity contribution in [2.75, 3.05) is 21.6 Å². The number of sulfonamides is 1. The second-order valence-corrected chi connectivity index (χ2v) is 10.3. The van der Waals surface area contributed by atoms with E-state index in [2.05, 4.69) is 22.1 Å². The molecule has 0 saturated carbocycles. The molecule has 1 aromatic heterocycles. The number of carbonyl (C=O) groups excluding carboxylic acids is 1. The van der Waals surface area contributed by atoms with Crippen molar-refractivity contribution in [3.63, 3.8) is 0 Å². The van der Waals surface area contributed by atoms with Crippen LogP contribution in [0, 0.1) is 0 Å². The third-order valence-corrected chi connectivity index (χ3v) is 6.80. The fraction of sp³-hybridized carbons (Fsp3) is 0.267. The predicted octanol–water partition coefficient (Wildman–Crippen LogP) is 3.92. The standard InChI is InChI=1S/C15H16Cl2N4O3S3/c1-4-5-25-15-20-19-14(26-15)18-13(22)9(2)21(27(3,23)24)12-7-10(16)6-11(17)8-12/h4,6-9H,1,5H2,2-3H3,(H,18,19,22)/t9-/m1/s1. The molecule has 1 aromatic carbocycles. The van der Waals surface area contributed by atoms with Gasteiger partial charge in [-0.25, -0.2) is 8.42 Å². The maximum absolute atomic E-state index is 12.6. The quantitative estimate of drug-likeness (QED) is 0.360. The molecule has 1 heterocycles. The van der Waals surface area contributed by atoms with Crippen LogP contribution in [0.3, 0.4) is 0 Å². The molecule has 0 aliphatic carbocycles. The number of hydrogen-bond acceptors (Lipinski definition) is 7. The van der Waals surface area contributed by atoms with Crippen molar-refractivity contribution in [3.05, 3.63) is 40.9 Å². The van der Waals surface area contributed by atoms with Gasteiger partial charge >= 0.3 is 0 Å². The van der Waals surface area contributed by atoms with Gasteiger partial charge in [-0.3, -0.25) is 14.4 Å². The molecule has 12 heteroatoms. The lowest BCUT2D eigenvalue weighted by Crippen LogP contribution is -2.45. The van der Waals surface area contributed by atoms with Gasteiger partial charge in [0.2, 0.25) is 21.1 Å². The monoisotopic (exact) mass is 466 g/mol. The molecule has 0 radical (unpaired) electrons. The summed E-state index contributed by atoms with van der Waals surface area (Å²) in [5, 5.41) is 11.2. The van der Waals surface area contributed by atoms with E-state index in [-0.39, 0.29) is 20.9 Å². The number of hydrogen-bond donors (Lipinski definition) is 1. The highest BCUT2D eigenvalue weighted by Gasteiger charge is 2.30. The lowest BCUT2D eigenvalue weighted by atomic mass is 10.2. The molecule has 2 rings (SSSR count). The number of amides is 1. The lowest BCUT2D eigenvalue weighted by Gasteiger charge is -2.28. The van der Waals surface area contributed by atoms with Gasteiger partial charge in [-0.1, -0.05) is 52.4 Å². The number of rotatable bonds is 8. The summed E-state index contributed by atoms with van der Waals surface area (Å²) in [4.78, 5) is 12.6. The van der Waals surface area contributed by atoms with Crippen LogP contribution < -0.4 is 9.62 Å². The molecule has 1 N–H and O–H groups in total. The van der Waals surface area contributed by atoms with Gasteiger partial charge in [-0.2, -0.15) is 0 Å². The Morgan fingerprint density at radius 2 is 2.00 bits per heavy atom. The topological polar surface area (TPSA) is 92.3 Å². The van der Waals surface area contributed by atoms with Crippen LogP contribution in [0.15, 0.2) is 35.2 Å². The van der Waals surface area contributed by atoms with Crippen molar-refractivity contribution >= 4 is 73.0 Å². The van der Waals surface area contributed by atoms with E-state index < -0.39 is 22.0 Å². The molecule has 0 unspecified atom stereocenters. The van der Waals surface area contributed by atoms with Crippen molar-refractivity contribution in [1.82, 2.24) is 10.2 Å². The van der Waals surface area contributed by atoms with Crippen LogP contribution in [0.4, 0.5) is 10.8 Å². The maximum Gasteiger partial charge on any atom is 0.249 e. The van der Waals surface area contributed by atoms with Crippen molar-refractivity contribution < 1.29 is 13.2 Å². The molecule has 0 spiro atoms. The molecule has 2 aromatic rings. The van der Waals surface area contributed by atoms with Crippen molar-refractivity contribution in [2.24, 2.45) is 0 Å². The molecule has 0 fully saturated rings. The number of nitrogens with one attached hydrogen (secondary N) is 1. The zero-order valence-electron chi connectivity index (χ0n) is 14.3. The Balaban J connectivity index is 2.24. The molecule has 7 nitrogen and oxygen atoms in total. The zero-order valence-corrected chi connectivity index (χ0v) is 18.3. The zero-order chi connectivity index (χ0) is 20.2. The Labute approximate surface area is 175 Å². The minimum Gasteiger partial charge on any atom is -0.299 e. The average Bonchev–Trinajstić information content (AvgIpc) is 2.98. The van der Waals surface area contributed by atoms with E-state index in [9.17, 15) is 13.2 Å². The fourth-order valence-electron chi connectivity index (χ4n) is 2.13. The Kier molecular flexibility index (Phi) is 7.52. The van der Waals surface area contributed by atoms with Gasteiger partial charge in [0.15, 0.2) is 4.34 Å². The number of halogens is 2. The summed E-state index contributed by atoms with van der Waals surface area (Å²) < 4.78 is 26.2. The predicted molar refractivity (Wildman–Crippen MR) is 113 cm³/mol. The second kappa shape index (κ2) is 9.24.